The van der Waals surface area contributed by atoms with Gasteiger partial charge in [-0.25, -0.2) is 4.79 Å². The number of carboxylic acids is 1. The molecule has 116 valence electrons. The molecule has 4 nitrogen and oxygen atoms in total. The van der Waals surface area contributed by atoms with E-state index in [4.69, 9.17) is 12.2 Å². The number of carbonyl (C=O) groups is 2. The van der Waals surface area contributed by atoms with Crippen LogP contribution in [0.2, 0.25) is 0 Å². The van der Waals surface area contributed by atoms with E-state index in [0.29, 0.717) is 10.5 Å². The van der Waals surface area contributed by atoms with Crippen LogP contribution in [0.1, 0.15) is 16.5 Å². The van der Waals surface area contributed by atoms with Crippen molar-refractivity contribution in [3.05, 3.63) is 63.2 Å². The molecule has 1 aromatic heterocycles. The zero-order valence-electron chi connectivity index (χ0n) is 11.7. The third kappa shape index (κ3) is 3.21. The second kappa shape index (κ2) is 6.66. The second-order valence-corrected chi connectivity index (χ2v) is 7.37. The molecule has 1 aromatic carbocycles. The summed E-state index contributed by atoms with van der Waals surface area (Å²) in [6.07, 6.45) is 1.74. The molecule has 1 unspecified atom stereocenters. The predicted octanol–water partition coefficient (Wildman–Crippen LogP) is 3.78. The second-order valence-electron chi connectivity index (χ2n) is 4.72. The minimum Gasteiger partial charge on any atom is -0.479 e. The van der Waals surface area contributed by atoms with E-state index in [1.54, 1.807) is 36.4 Å². The molecule has 0 bridgehead atoms. The maximum Gasteiger partial charge on any atom is 0.331 e. The first-order chi connectivity index (χ1) is 11.1. The van der Waals surface area contributed by atoms with Crippen molar-refractivity contribution in [2.24, 2.45) is 0 Å². The first-order valence-corrected chi connectivity index (χ1v) is 8.76. The van der Waals surface area contributed by atoms with Crippen LogP contribution in [0.5, 0.6) is 0 Å². The summed E-state index contributed by atoms with van der Waals surface area (Å²) in [5, 5.41) is 11.5. The summed E-state index contributed by atoms with van der Waals surface area (Å²) in [5.74, 6) is -1.48. The number of benzene rings is 1. The van der Waals surface area contributed by atoms with Crippen LogP contribution in [0, 0.1) is 0 Å². The molecular weight excluding hydrogens is 350 g/mol. The summed E-state index contributed by atoms with van der Waals surface area (Å²) in [4.78, 5) is 26.9. The Morgan fingerprint density at radius 1 is 1.22 bits per heavy atom. The van der Waals surface area contributed by atoms with Crippen molar-refractivity contribution in [2.75, 3.05) is 0 Å². The molecule has 1 fully saturated rings. The van der Waals surface area contributed by atoms with Crippen LogP contribution < -0.4 is 0 Å². The minimum atomic E-state index is -1.11. The fourth-order valence-electron chi connectivity index (χ4n) is 2.24. The zero-order valence-corrected chi connectivity index (χ0v) is 14.2. The molecule has 23 heavy (non-hydrogen) atoms. The van der Waals surface area contributed by atoms with E-state index in [0.717, 1.165) is 16.6 Å². The van der Waals surface area contributed by atoms with Gasteiger partial charge in [-0.15, -0.1) is 11.3 Å². The third-order valence-electron chi connectivity index (χ3n) is 3.25. The fourth-order valence-corrected chi connectivity index (χ4v) is 4.28. The molecule has 7 heteroatoms. The SMILES string of the molecule is O=C(O)C(c1ccccc1)N1C(=O)/C(=C\c2cccs2)SC1=S. The summed E-state index contributed by atoms with van der Waals surface area (Å²) in [6.45, 7) is 0. The Labute approximate surface area is 146 Å². The molecule has 2 aromatic rings. The van der Waals surface area contributed by atoms with Gasteiger partial charge in [0.1, 0.15) is 4.32 Å². The van der Waals surface area contributed by atoms with Crippen molar-refractivity contribution in [1.29, 1.82) is 0 Å². The molecule has 1 aliphatic heterocycles. The lowest BCUT2D eigenvalue weighted by Gasteiger charge is -2.23. The summed E-state index contributed by atoms with van der Waals surface area (Å²) in [5.41, 5.74) is 0.522. The van der Waals surface area contributed by atoms with E-state index in [-0.39, 0.29) is 10.2 Å². The predicted molar refractivity (Wildman–Crippen MR) is 96.1 cm³/mol. The molecular formula is C16H11NO3S3. The van der Waals surface area contributed by atoms with Gasteiger partial charge in [0.2, 0.25) is 0 Å². The Morgan fingerprint density at radius 3 is 2.57 bits per heavy atom. The van der Waals surface area contributed by atoms with E-state index in [9.17, 15) is 14.7 Å². The van der Waals surface area contributed by atoms with Crippen molar-refractivity contribution in [3.8, 4) is 0 Å². The van der Waals surface area contributed by atoms with Crippen LogP contribution in [-0.4, -0.2) is 26.2 Å². The monoisotopic (exact) mass is 361 g/mol. The highest BCUT2D eigenvalue weighted by molar-refractivity contribution is 8.26. The van der Waals surface area contributed by atoms with Gasteiger partial charge in [0.05, 0.1) is 4.91 Å². The first kappa shape index (κ1) is 15.9. The topological polar surface area (TPSA) is 57.6 Å². The van der Waals surface area contributed by atoms with Gasteiger partial charge in [0.25, 0.3) is 5.91 Å². The van der Waals surface area contributed by atoms with E-state index >= 15 is 0 Å². The van der Waals surface area contributed by atoms with Crippen LogP contribution in [0.4, 0.5) is 0 Å². The van der Waals surface area contributed by atoms with Crippen molar-refractivity contribution in [3.63, 3.8) is 0 Å². The molecule has 1 amide bonds. The van der Waals surface area contributed by atoms with Crippen molar-refractivity contribution in [1.82, 2.24) is 4.90 Å². The molecule has 1 saturated heterocycles. The summed E-state index contributed by atoms with van der Waals surface area (Å²) in [7, 11) is 0. The number of aliphatic carboxylic acids is 1. The summed E-state index contributed by atoms with van der Waals surface area (Å²) >= 11 is 7.89. The van der Waals surface area contributed by atoms with E-state index < -0.39 is 12.0 Å². The van der Waals surface area contributed by atoms with Crippen molar-refractivity contribution >= 4 is 57.6 Å². The van der Waals surface area contributed by atoms with Crippen LogP contribution in [0.25, 0.3) is 6.08 Å². The average Bonchev–Trinajstić information content (AvgIpc) is 3.12. The number of thiophene rings is 1. The molecule has 0 radical (unpaired) electrons. The average molecular weight is 361 g/mol. The standard InChI is InChI=1S/C16H11NO3S3/c18-14-12(9-11-7-4-8-22-11)23-16(21)17(14)13(15(19)20)10-5-2-1-3-6-10/h1-9,13H,(H,19,20)/b12-9+. The number of rotatable bonds is 4. The molecule has 1 aliphatic rings. The number of hydrogen-bond acceptors (Lipinski definition) is 5. The van der Waals surface area contributed by atoms with Gasteiger partial charge in [0.15, 0.2) is 6.04 Å². The summed E-state index contributed by atoms with van der Waals surface area (Å²) in [6, 6.07) is 11.3. The molecule has 0 aliphatic carbocycles. The lowest BCUT2D eigenvalue weighted by molar-refractivity contribution is -0.145. The Hall–Kier alpha value is -1.96. The van der Waals surface area contributed by atoms with Gasteiger partial charge in [-0.05, 0) is 23.1 Å². The highest BCUT2D eigenvalue weighted by atomic mass is 32.2. The number of hydrogen-bond donors (Lipinski definition) is 1. The molecule has 2 heterocycles. The van der Waals surface area contributed by atoms with Gasteiger partial charge in [-0.1, -0.05) is 60.4 Å². The highest BCUT2D eigenvalue weighted by Gasteiger charge is 2.41. The van der Waals surface area contributed by atoms with Crippen LogP contribution in [-0.2, 0) is 9.59 Å². The third-order valence-corrected chi connectivity index (χ3v) is 5.40. The zero-order chi connectivity index (χ0) is 16.4. The fraction of sp³-hybridized carbons (Fsp3) is 0.0625. The number of amides is 1. The van der Waals surface area contributed by atoms with Gasteiger partial charge in [-0.3, -0.25) is 9.69 Å². The van der Waals surface area contributed by atoms with Crippen LogP contribution in [0.3, 0.4) is 0 Å². The lowest BCUT2D eigenvalue weighted by atomic mass is 10.1. The Bertz CT molecular complexity index is 784. The summed E-state index contributed by atoms with van der Waals surface area (Å²) < 4.78 is 0.258. The quantitative estimate of drug-likeness (QED) is 0.663. The largest absolute Gasteiger partial charge is 0.479 e. The molecule has 1 atom stereocenters. The minimum absolute atomic E-state index is 0.258. The Morgan fingerprint density at radius 2 is 1.96 bits per heavy atom. The van der Waals surface area contributed by atoms with Crippen LogP contribution >= 0.6 is 35.3 Å². The highest BCUT2D eigenvalue weighted by Crippen LogP contribution is 2.38. The maximum absolute atomic E-state index is 12.7. The van der Waals surface area contributed by atoms with E-state index in [2.05, 4.69) is 0 Å². The maximum atomic E-state index is 12.7. The first-order valence-electron chi connectivity index (χ1n) is 6.66. The number of carbonyl (C=O) groups excluding carboxylic acids is 1. The normalized spacial score (nSPS) is 17.7. The van der Waals surface area contributed by atoms with E-state index in [1.165, 1.54) is 16.2 Å². The van der Waals surface area contributed by atoms with Gasteiger partial charge in [0, 0.05) is 4.88 Å². The number of thiocarbonyl (C=S) groups is 1. The lowest BCUT2D eigenvalue weighted by Crippen LogP contribution is -2.37. The van der Waals surface area contributed by atoms with Crippen LogP contribution in [0.15, 0.2) is 52.7 Å². The number of thioether (sulfide) groups is 1. The molecule has 3 rings (SSSR count). The van der Waals surface area contributed by atoms with Gasteiger partial charge in [-0.2, -0.15) is 0 Å². The van der Waals surface area contributed by atoms with Crippen molar-refractivity contribution in [2.45, 2.75) is 6.04 Å². The Kier molecular flexibility index (Phi) is 4.61. The molecule has 0 spiro atoms. The number of nitrogens with zero attached hydrogens (tertiary/aromatic N) is 1. The molecule has 0 saturated carbocycles. The number of carboxylic acid groups (broad SMARTS) is 1. The van der Waals surface area contributed by atoms with Crippen molar-refractivity contribution < 1.29 is 14.7 Å². The van der Waals surface area contributed by atoms with Gasteiger partial charge < -0.3 is 5.11 Å². The smallest absolute Gasteiger partial charge is 0.331 e. The Balaban J connectivity index is 1.97. The van der Waals surface area contributed by atoms with Gasteiger partial charge >= 0.3 is 5.97 Å². The van der Waals surface area contributed by atoms with E-state index in [1.807, 2.05) is 17.5 Å². The molecule has 1 N–H and O–H groups in total.